The van der Waals surface area contributed by atoms with E-state index >= 15 is 0 Å². The van der Waals surface area contributed by atoms with Crippen molar-refractivity contribution in [3.8, 4) is 0 Å². The van der Waals surface area contributed by atoms with Gasteiger partial charge in [0.2, 0.25) is 0 Å². The first kappa shape index (κ1) is 12.1. The third-order valence-corrected chi connectivity index (χ3v) is 2.97. The summed E-state index contributed by atoms with van der Waals surface area (Å²) in [6.45, 7) is 3.12. The molecule has 3 heteroatoms. The lowest BCUT2D eigenvalue weighted by molar-refractivity contribution is 0.280. The normalized spacial score (nSPS) is 13.1. The maximum Gasteiger partial charge on any atom is 0.0483 e. The Morgan fingerprint density at radius 2 is 2.12 bits per heavy atom. The van der Waals surface area contributed by atoms with E-state index in [1.807, 2.05) is 13.0 Å². The zero-order valence-corrected chi connectivity index (χ0v) is 10.3. The van der Waals surface area contributed by atoms with Gasteiger partial charge in [-0.05, 0) is 31.4 Å². The lowest BCUT2D eigenvalue weighted by Crippen LogP contribution is -2.17. The number of aliphatic hydroxyl groups is 1. The molecule has 0 aliphatic rings. The number of rotatable bonds is 5. The first-order chi connectivity index (χ1) is 8.22. The molecule has 17 heavy (non-hydrogen) atoms. The molecule has 0 saturated heterocycles. The Balaban J connectivity index is 2.39. The number of nitrogens with zero attached hydrogens (tertiary/aromatic N) is 1. The van der Waals surface area contributed by atoms with Gasteiger partial charge < -0.3 is 15.4 Å². The van der Waals surface area contributed by atoms with Crippen LogP contribution < -0.4 is 5.73 Å². The highest BCUT2D eigenvalue weighted by Gasteiger charge is 2.08. The zero-order chi connectivity index (χ0) is 12.3. The van der Waals surface area contributed by atoms with Gasteiger partial charge in [-0.25, -0.2) is 0 Å². The smallest absolute Gasteiger partial charge is 0.0483 e. The van der Waals surface area contributed by atoms with E-state index in [9.17, 15) is 0 Å². The average Bonchev–Trinajstić information content (AvgIpc) is 2.65. The third-order valence-electron chi connectivity index (χ3n) is 2.97. The van der Waals surface area contributed by atoms with Crippen molar-refractivity contribution in [1.29, 1.82) is 0 Å². The molecule has 0 bridgehead atoms. The number of aliphatic hydroxyl groups excluding tert-OH is 1. The van der Waals surface area contributed by atoms with E-state index in [0.29, 0.717) is 0 Å². The molecule has 1 aromatic carbocycles. The van der Waals surface area contributed by atoms with Crippen molar-refractivity contribution in [1.82, 2.24) is 4.57 Å². The summed E-state index contributed by atoms with van der Waals surface area (Å²) >= 11 is 0. The number of para-hydroxylation sites is 1. The number of aryl methyl sites for hydroxylation is 1. The van der Waals surface area contributed by atoms with Gasteiger partial charge in [0, 0.05) is 36.3 Å². The average molecular weight is 232 g/mol. The summed E-state index contributed by atoms with van der Waals surface area (Å²) in [6, 6.07) is 8.54. The number of hydrogen-bond acceptors (Lipinski definition) is 2. The Kier molecular flexibility index (Phi) is 3.82. The van der Waals surface area contributed by atoms with E-state index < -0.39 is 0 Å². The van der Waals surface area contributed by atoms with Crippen LogP contribution in [0.5, 0.6) is 0 Å². The quantitative estimate of drug-likeness (QED) is 0.827. The van der Waals surface area contributed by atoms with Crippen LogP contribution in [-0.4, -0.2) is 22.3 Å². The molecule has 3 N–H and O–H groups in total. The minimum atomic E-state index is 0.173. The zero-order valence-electron chi connectivity index (χ0n) is 10.3. The number of nitrogens with two attached hydrogens (primary N) is 1. The summed E-state index contributed by atoms with van der Waals surface area (Å²) in [5.41, 5.74) is 8.41. The molecule has 2 rings (SSSR count). The van der Waals surface area contributed by atoms with E-state index in [1.54, 1.807) is 0 Å². The maximum atomic E-state index is 8.92. The summed E-state index contributed by atoms with van der Waals surface area (Å²) in [4.78, 5) is 0. The second-order valence-electron chi connectivity index (χ2n) is 4.62. The number of aromatic nitrogens is 1. The minimum absolute atomic E-state index is 0.173. The van der Waals surface area contributed by atoms with Gasteiger partial charge in [-0.3, -0.25) is 0 Å². The van der Waals surface area contributed by atoms with E-state index in [0.717, 1.165) is 19.4 Å². The monoisotopic (exact) mass is 232 g/mol. The molecule has 0 aliphatic carbocycles. The Morgan fingerprint density at radius 3 is 2.82 bits per heavy atom. The van der Waals surface area contributed by atoms with Gasteiger partial charge in [-0.2, -0.15) is 0 Å². The molecular weight excluding hydrogens is 212 g/mol. The van der Waals surface area contributed by atoms with E-state index in [1.165, 1.54) is 16.5 Å². The first-order valence-corrected chi connectivity index (χ1v) is 6.15. The molecule has 1 atom stereocenters. The Morgan fingerprint density at radius 1 is 1.35 bits per heavy atom. The van der Waals surface area contributed by atoms with Crippen molar-refractivity contribution in [2.75, 3.05) is 6.61 Å². The topological polar surface area (TPSA) is 51.2 Å². The lowest BCUT2D eigenvalue weighted by atomic mass is 10.1. The van der Waals surface area contributed by atoms with E-state index in [4.69, 9.17) is 10.8 Å². The van der Waals surface area contributed by atoms with Crippen LogP contribution in [0.1, 0.15) is 18.9 Å². The van der Waals surface area contributed by atoms with Crippen molar-refractivity contribution < 1.29 is 5.11 Å². The van der Waals surface area contributed by atoms with Gasteiger partial charge >= 0.3 is 0 Å². The molecule has 0 aliphatic heterocycles. The fourth-order valence-corrected chi connectivity index (χ4v) is 2.26. The summed E-state index contributed by atoms with van der Waals surface area (Å²) < 4.78 is 2.21. The Bertz CT molecular complexity index is 488. The fourth-order valence-electron chi connectivity index (χ4n) is 2.26. The lowest BCUT2D eigenvalue weighted by Gasteiger charge is -2.02. The van der Waals surface area contributed by atoms with Crippen LogP contribution in [0.2, 0.25) is 0 Å². The molecule has 1 unspecified atom stereocenters. The van der Waals surface area contributed by atoms with Crippen LogP contribution in [0.25, 0.3) is 10.9 Å². The second-order valence-corrected chi connectivity index (χ2v) is 4.62. The second kappa shape index (κ2) is 5.34. The fraction of sp³-hybridized carbons (Fsp3) is 0.429. The number of benzene rings is 1. The third kappa shape index (κ3) is 2.68. The van der Waals surface area contributed by atoms with Crippen LogP contribution in [0.15, 0.2) is 30.5 Å². The van der Waals surface area contributed by atoms with Gasteiger partial charge in [0.05, 0.1) is 0 Å². The minimum Gasteiger partial charge on any atom is -0.396 e. The number of hydrogen-bond donors (Lipinski definition) is 2. The molecular formula is C14H20N2O. The molecule has 0 fully saturated rings. The largest absolute Gasteiger partial charge is 0.396 e. The van der Waals surface area contributed by atoms with Crippen molar-refractivity contribution in [2.24, 2.45) is 5.73 Å². The molecule has 0 radical (unpaired) electrons. The van der Waals surface area contributed by atoms with Gasteiger partial charge in [-0.15, -0.1) is 0 Å². The predicted octanol–water partition coefficient (Wildman–Crippen LogP) is 1.91. The predicted molar refractivity (Wildman–Crippen MR) is 71.0 cm³/mol. The van der Waals surface area contributed by atoms with Crippen LogP contribution in [0.4, 0.5) is 0 Å². The highest BCUT2D eigenvalue weighted by molar-refractivity contribution is 5.84. The number of fused-ring (bicyclic) bond motifs is 1. The molecule has 2 aromatic rings. The summed E-state index contributed by atoms with van der Waals surface area (Å²) in [6.07, 6.45) is 3.85. The molecule has 0 saturated carbocycles. The van der Waals surface area contributed by atoms with Gasteiger partial charge in [0.25, 0.3) is 0 Å². The van der Waals surface area contributed by atoms with Crippen molar-refractivity contribution >= 4 is 10.9 Å². The Labute approximate surface area is 102 Å². The molecule has 1 heterocycles. The van der Waals surface area contributed by atoms with Crippen molar-refractivity contribution in [2.45, 2.75) is 32.4 Å². The van der Waals surface area contributed by atoms with Crippen LogP contribution >= 0.6 is 0 Å². The van der Waals surface area contributed by atoms with Gasteiger partial charge in [0.1, 0.15) is 0 Å². The van der Waals surface area contributed by atoms with Crippen molar-refractivity contribution in [3.05, 3.63) is 36.0 Å². The molecule has 0 spiro atoms. The molecule has 0 amide bonds. The highest BCUT2D eigenvalue weighted by atomic mass is 16.3. The highest BCUT2D eigenvalue weighted by Crippen LogP contribution is 2.22. The maximum absolute atomic E-state index is 8.92. The molecule has 1 aromatic heterocycles. The molecule has 3 nitrogen and oxygen atoms in total. The van der Waals surface area contributed by atoms with Gasteiger partial charge in [0.15, 0.2) is 0 Å². The van der Waals surface area contributed by atoms with Crippen LogP contribution in [0.3, 0.4) is 0 Å². The first-order valence-electron chi connectivity index (χ1n) is 6.15. The standard InChI is InChI=1S/C14H20N2O/c1-11(15)9-12-10-16(7-4-8-17)14-6-3-2-5-13(12)14/h2-3,5-6,10-11,17H,4,7-9,15H2,1H3. The van der Waals surface area contributed by atoms with Gasteiger partial charge in [-0.1, -0.05) is 18.2 Å². The summed E-state index contributed by atoms with van der Waals surface area (Å²) in [7, 11) is 0. The van der Waals surface area contributed by atoms with Crippen molar-refractivity contribution in [3.63, 3.8) is 0 Å². The summed E-state index contributed by atoms with van der Waals surface area (Å²) in [5, 5.41) is 10.2. The van der Waals surface area contributed by atoms with Crippen LogP contribution in [0, 0.1) is 0 Å². The van der Waals surface area contributed by atoms with E-state index in [-0.39, 0.29) is 12.6 Å². The Hall–Kier alpha value is -1.32. The van der Waals surface area contributed by atoms with E-state index in [2.05, 4.69) is 29.0 Å². The summed E-state index contributed by atoms with van der Waals surface area (Å²) in [5.74, 6) is 0. The van der Waals surface area contributed by atoms with Crippen LogP contribution in [-0.2, 0) is 13.0 Å². The molecule has 92 valence electrons. The SMILES string of the molecule is CC(N)Cc1cn(CCCO)c2ccccc12.